The molecule has 9 heteroatoms. The van der Waals surface area contributed by atoms with E-state index < -0.39 is 28.5 Å². The lowest BCUT2D eigenvalue weighted by atomic mass is 10.1. The predicted octanol–water partition coefficient (Wildman–Crippen LogP) is 5.68. The smallest absolute Gasteiger partial charge is 0.264 e. The van der Waals surface area contributed by atoms with Gasteiger partial charge in [-0.25, -0.2) is 8.42 Å². The monoisotopic (exact) mass is 613 g/mol. The molecule has 0 saturated heterocycles. The quantitative estimate of drug-likeness (QED) is 0.251. The van der Waals surface area contributed by atoms with Gasteiger partial charge in [0, 0.05) is 17.6 Å². The van der Waals surface area contributed by atoms with E-state index >= 15 is 0 Å². The van der Waals surface area contributed by atoms with Gasteiger partial charge in [0.25, 0.3) is 10.0 Å². The van der Waals surface area contributed by atoms with Gasteiger partial charge in [-0.15, -0.1) is 0 Å². The summed E-state index contributed by atoms with van der Waals surface area (Å²) in [6.45, 7) is 6.09. The summed E-state index contributed by atoms with van der Waals surface area (Å²) in [4.78, 5) is 28.9. The maximum atomic E-state index is 14.1. The van der Waals surface area contributed by atoms with Crippen LogP contribution >= 0.6 is 15.9 Å². The molecule has 0 fully saturated rings. The van der Waals surface area contributed by atoms with Crippen molar-refractivity contribution in [2.24, 2.45) is 0 Å². The highest BCUT2D eigenvalue weighted by molar-refractivity contribution is 9.10. The summed E-state index contributed by atoms with van der Waals surface area (Å²) in [6, 6.07) is 21.8. The van der Waals surface area contributed by atoms with Crippen molar-refractivity contribution in [3.63, 3.8) is 0 Å². The number of hydrogen-bond donors (Lipinski definition) is 1. The van der Waals surface area contributed by atoms with Crippen LogP contribution in [0.15, 0.2) is 88.2 Å². The molecule has 0 aromatic heterocycles. The first-order valence-corrected chi connectivity index (χ1v) is 15.4. The highest BCUT2D eigenvalue weighted by Gasteiger charge is 2.33. The van der Waals surface area contributed by atoms with E-state index in [0.29, 0.717) is 23.1 Å². The van der Waals surface area contributed by atoms with E-state index in [4.69, 9.17) is 0 Å². The lowest BCUT2D eigenvalue weighted by Gasteiger charge is -2.33. The number of nitrogens with one attached hydrogen (secondary N) is 1. The summed E-state index contributed by atoms with van der Waals surface area (Å²) < 4.78 is 29.4. The fourth-order valence-corrected chi connectivity index (χ4v) is 6.09. The zero-order chi connectivity index (χ0) is 28.4. The van der Waals surface area contributed by atoms with Gasteiger partial charge in [-0.1, -0.05) is 84.7 Å². The van der Waals surface area contributed by atoms with Gasteiger partial charge >= 0.3 is 0 Å². The number of carbonyl (C=O) groups excluding carboxylic acids is 2. The van der Waals surface area contributed by atoms with Gasteiger partial charge in [-0.05, 0) is 61.2 Å². The van der Waals surface area contributed by atoms with E-state index in [0.717, 1.165) is 28.3 Å². The number of sulfonamides is 1. The molecule has 0 aliphatic rings. The van der Waals surface area contributed by atoms with Crippen LogP contribution in [0.3, 0.4) is 0 Å². The summed E-state index contributed by atoms with van der Waals surface area (Å²) in [5.74, 6) is -0.706. The van der Waals surface area contributed by atoms with Crippen molar-refractivity contribution < 1.29 is 18.0 Å². The maximum absolute atomic E-state index is 14.1. The molecule has 2 amide bonds. The number of carbonyl (C=O) groups is 2. The predicted molar refractivity (Wildman–Crippen MR) is 159 cm³/mol. The van der Waals surface area contributed by atoms with Gasteiger partial charge in [0.1, 0.15) is 12.6 Å². The van der Waals surface area contributed by atoms with Crippen LogP contribution in [-0.4, -0.2) is 44.3 Å². The molecule has 39 heavy (non-hydrogen) atoms. The standard InChI is InChI=1S/C30H36BrN3O4S/c1-4-6-19-32-30(36)28(5-2)33(21-24-14-11-10-13-23(24)3)29(35)22-34(26-16-12-15-25(31)20-26)39(37,38)27-17-8-7-9-18-27/h7-18,20,28H,4-6,19,21-22H2,1-3H3,(H,32,36)/t28-/m1/s1. The maximum Gasteiger partial charge on any atom is 0.264 e. The normalized spacial score (nSPS) is 12.0. The molecule has 0 spiro atoms. The van der Waals surface area contributed by atoms with E-state index in [9.17, 15) is 18.0 Å². The molecule has 3 rings (SSSR count). The van der Waals surface area contributed by atoms with Crippen molar-refractivity contribution in [1.29, 1.82) is 0 Å². The van der Waals surface area contributed by atoms with Crippen molar-refractivity contribution in [3.8, 4) is 0 Å². The lowest BCUT2D eigenvalue weighted by molar-refractivity contribution is -0.140. The molecule has 0 heterocycles. The van der Waals surface area contributed by atoms with Gasteiger partial charge in [0.05, 0.1) is 10.6 Å². The molecule has 7 nitrogen and oxygen atoms in total. The van der Waals surface area contributed by atoms with Crippen molar-refractivity contribution in [2.75, 3.05) is 17.4 Å². The number of hydrogen-bond acceptors (Lipinski definition) is 4. The van der Waals surface area contributed by atoms with Crippen molar-refractivity contribution in [2.45, 2.75) is 57.5 Å². The minimum atomic E-state index is -4.09. The van der Waals surface area contributed by atoms with E-state index in [-0.39, 0.29) is 17.3 Å². The second kappa shape index (κ2) is 14.3. The molecule has 3 aromatic carbocycles. The van der Waals surface area contributed by atoms with Crippen LogP contribution in [0.1, 0.15) is 44.2 Å². The average Bonchev–Trinajstić information content (AvgIpc) is 2.93. The molecule has 1 atom stereocenters. The summed E-state index contributed by atoms with van der Waals surface area (Å²) in [7, 11) is -4.09. The van der Waals surface area contributed by atoms with Gasteiger partial charge in [0.15, 0.2) is 0 Å². The Morgan fingerprint density at radius 3 is 2.28 bits per heavy atom. The van der Waals surface area contributed by atoms with Crippen molar-refractivity contribution >= 4 is 43.5 Å². The Balaban J connectivity index is 2.03. The Labute approximate surface area is 240 Å². The van der Waals surface area contributed by atoms with E-state index in [1.807, 2.05) is 45.0 Å². The minimum absolute atomic E-state index is 0.0765. The van der Waals surface area contributed by atoms with Crippen LogP contribution in [0.4, 0.5) is 5.69 Å². The molecular weight excluding hydrogens is 578 g/mol. The number of nitrogens with zero attached hydrogens (tertiary/aromatic N) is 2. The summed E-state index contributed by atoms with van der Waals surface area (Å²) in [6.07, 6.45) is 2.15. The average molecular weight is 615 g/mol. The molecule has 0 unspecified atom stereocenters. The van der Waals surface area contributed by atoms with Gasteiger partial charge in [-0.2, -0.15) is 0 Å². The van der Waals surface area contributed by atoms with E-state index in [2.05, 4.69) is 21.2 Å². The Bertz CT molecular complexity index is 1370. The first-order chi connectivity index (χ1) is 18.7. The van der Waals surface area contributed by atoms with Crippen LogP contribution in [0.5, 0.6) is 0 Å². The number of halogens is 1. The summed E-state index contributed by atoms with van der Waals surface area (Å²) >= 11 is 3.41. The number of benzene rings is 3. The number of rotatable bonds is 13. The molecule has 1 N–H and O–H groups in total. The van der Waals surface area contributed by atoms with Crippen molar-refractivity contribution in [1.82, 2.24) is 10.2 Å². The Kier molecular flexibility index (Phi) is 11.1. The Morgan fingerprint density at radius 2 is 1.64 bits per heavy atom. The first-order valence-electron chi connectivity index (χ1n) is 13.1. The third-order valence-corrected chi connectivity index (χ3v) is 8.81. The molecule has 0 aliphatic carbocycles. The van der Waals surface area contributed by atoms with Crippen LogP contribution in [-0.2, 0) is 26.2 Å². The summed E-state index contributed by atoms with van der Waals surface area (Å²) in [5, 5.41) is 2.95. The van der Waals surface area contributed by atoms with Crippen LogP contribution < -0.4 is 9.62 Å². The van der Waals surface area contributed by atoms with Crippen LogP contribution in [0.25, 0.3) is 0 Å². The number of unbranched alkanes of at least 4 members (excludes halogenated alkanes) is 1. The van der Waals surface area contributed by atoms with E-state index in [1.54, 1.807) is 42.5 Å². The molecule has 0 bridgehead atoms. The third kappa shape index (κ3) is 7.92. The van der Waals surface area contributed by atoms with Gasteiger partial charge in [0.2, 0.25) is 11.8 Å². The fourth-order valence-electron chi connectivity index (χ4n) is 4.28. The lowest BCUT2D eigenvalue weighted by Crippen LogP contribution is -2.52. The van der Waals surface area contributed by atoms with E-state index in [1.165, 1.54) is 17.0 Å². The number of aryl methyl sites for hydroxylation is 1. The zero-order valence-corrected chi connectivity index (χ0v) is 25.0. The number of anilines is 1. The second-order valence-corrected chi connectivity index (χ2v) is 12.1. The molecule has 0 saturated carbocycles. The fraction of sp³-hybridized carbons (Fsp3) is 0.333. The van der Waals surface area contributed by atoms with Crippen LogP contribution in [0, 0.1) is 6.92 Å². The SMILES string of the molecule is CCCCNC(=O)[C@@H](CC)N(Cc1ccccc1C)C(=O)CN(c1cccc(Br)c1)S(=O)(=O)c1ccccc1. The number of amides is 2. The largest absolute Gasteiger partial charge is 0.354 e. The molecule has 3 aromatic rings. The molecule has 0 radical (unpaired) electrons. The minimum Gasteiger partial charge on any atom is -0.354 e. The van der Waals surface area contributed by atoms with Gasteiger partial charge in [-0.3, -0.25) is 13.9 Å². The molecule has 208 valence electrons. The Morgan fingerprint density at radius 1 is 0.949 bits per heavy atom. The van der Waals surface area contributed by atoms with Crippen LogP contribution in [0.2, 0.25) is 0 Å². The molecular formula is C30H36BrN3O4S. The first kappa shape index (κ1) is 30.4. The summed E-state index contributed by atoms with van der Waals surface area (Å²) in [5.41, 5.74) is 2.22. The topological polar surface area (TPSA) is 86.8 Å². The third-order valence-electron chi connectivity index (χ3n) is 6.52. The molecule has 0 aliphatic heterocycles. The highest BCUT2D eigenvalue weighted by atomic mass is 79.9. The van der Waals surface area contributed by atoms with Crippen molar-refractivity contribution in [3.05, 3.63) is 94.5 Å². The second-order valence-electron chi connectivity index (χ2n) is 9.32. The van der Waals surface area contributed by atoms with Gasteiger partial charge < -0.3 is 10.2 Å². The highest BCUT2D eigenvalue weighted by Crippen LogP contribution is 2.27. The Hall–Kier alpha value is -3.17. The zero-order valence-electron chi connectivity index (χ0n) is 22.6.